The first-order chi connectivity index (χ1) is 48.4. The van der Waals surface area contributed by atoms with Crippen LogP contribution in [0, 0.1) is 27.7 Å². The predicted octanol–water partition coefficient (Wildman–Crippen LogP) is 25.2. The SMILES string of the molecule is Cc1cccc(N(c2cccc(C)c2)c2ccc3c(c2)C2(c4ccccc4-c4ccccc42)c2cc(C=Cc4ccc5c(c4)C(C)(C)c4cc(C=Cc6ccc7c(c6)C6(c8ccccc8-c8ccccc86)c6cc(N(c8cccc(C)c8)c8cccc(C)c8)ccc6-7)ccc4-5)ccc2-3)c1. The third-order valence-corrected chi connectivity index (χ3v) is 22.4. The summed E-state index contributed by atoms with van der Waals surface area (Å²) in [4.78, 5) is 4.87. The van der Waals surface area contributed by atoms with E-state index in [4.69, 9.17) is 0 Å². The summed E-state index contributed by atoms with van der Waals surface area (Å²) in [5.41, 5.74) is 41.5. The zero-order valence-corrected chi connectivity index (χ0v) is 56.6. The Bertz CT molecular complexity index is 5270. The van der Waals surface area contributed by atoms with Crippen LogP contribution in [0.2, 0.25) is 0 Å². The molecule has 14 aromatic carbocycles. The minimum absolute atomic E-state index is 0.220. The lowest BCUT2D eigenvalue weighted by Gasteiger charge is -2.32. The molecular weight excluding hydrogens is 1190 g/mol. The molecule has 0 fully saturated rings. The molecule has 470 valence electrons. The van der Waals surface area contributed by atoms with Crippen LogP contribution in [-0.4, -0.2) is 0 Å². The van der Waals surface area contributed by atoms with Gasteiger partial charge in [0.05, 0.1) is 10.8 Å². The van der Waals surface area contributed by atoms with Crippen LogP contribution in [0.5, 0.6) is 0 Å². The van der Waals surface area contributed by atoms with Crippen LogP contribution < -0.4 is 9.80 Å². The Labute approximate surface area is 581 Å². The minimum atomic E-state index is -0.523. The quantitative estimate of drug-likeness (QED) is 0.126. The van der Waals surface area contributed by atoms with E-state index in [9.17, 15) is 0 Å². The van der Waals surface area contributed by atoms with Gasteiger partial charge < -0.3 is 9.80 Å². The summed E-state index contributed by atoms with van der Waals surface area (Å²) >= 11 is 0. The van der Waals surface area contributed by atoms with Crippen LogP contribution >= 0.6 is 0 Å². The van der Waals surface area contributed by atoms with Crippen molar-refractivity contribution in [2.45, 2.75) is 57.8 Å². The number of rotatable bonds is 10. The van der Waals surface area contributed by atoms with Crippen molar-refractivity contribution in [3.63, 3.8) is 0 Å². The summed E-state index contributed by atoms with van der Waals surface area (Å²) < 4.78 is 0. The molecule has 5 aliphatic rings. The first kappa shape index (κ1) is 58.5. The van der Waals surface area contributed by atoms with Gasteiger partial charge >= 0.3 is 0 Å². The third-order valence-electron chi connectivity index (χ3n) is 22.4. The minimum Gasteiger partial charge on any atom is -0.310 e. The summed E-state index contributed by atoms with van der Waals surface area (Å²) in [6, 6.07) is 115. The molecule has 0 saturated carbocycles. The molecule has 19 rings (SSSR count). The van der Waals surface area contributed by atoms with Gasteiger partial charge in [0.2, 0.25) is 0 Å². The summed E-state index contributed by atoms with van der Waals surface area (Å²) in [7, 11) is 0. The molecule has 0 saturated heterocycles. The highest BCUT2D eigenvalue weighted by atomic mass is 15.1. The molecule has 99 heavy (non-hydrogen) atoms. The molecule has 2 nitrogen and oxygen atoms in total. The Kier molecular flexibility index (Phi) is 13.1. The molecule has 2 spiro atoms. The first-order valence-electron chi connectivity index (χ1n) is 34.9. The van der Waals surface area contributed by atoms with Crippen molar-refractivity contribution in [1.29, 1.82) is 0 Å². The molecule has 0 unspecified atom stereocenters. The highest BCUT2D eigenvalue weighted by molar-refractivity contribution is 6.00. The number of benzene rings is 14. The van der Waals surface area contributed by atoms with Gasteiger partial charge in [0.25, 0.3) is 0 Å². The lowest BCUT2D eigenvalue weighted by molar-refractivity contribution is 0.660. The molecule has 2 heteroatoms. The van der Waals surface area contributed by atoms with Crippen LogP contribution in [-0.2, 0) is 16.2 Å². The lowest BCUT2D eigenvalue weighted by atomic mass is 9.70. The van der Waals surface area contributed by atoms with E-state index >= 15 is 0 Å². The van der Waals surface area contributed by atoms with E-state index in [2.05, 4.69) is 379 Å². The molecule has 5 aliphatic carbocycles. The van der Waals surface area contributed by atoms with Gasteiger partial charge in [0.1, 0.15) is 0 Å². The molecule has 0 heterocycles. The Morgan fingerprint density at radius 1 is 0.202 bits per heavy atom. The van der Waals surface area contributed by atoms with Crippen LogP contribution in [0.25, 0.3) is 79.9 Å². The fourth-order valence-corrected chi connectivity index (χ4v) is 18.1. The smallest absolute Gasteiger partial charge is 0.0726 e. The number of hydrogen-bond acceptors (Lipinski definition) is 2. The van der Waals surface area contributed by atoms with E-state index in [0.29, 0.717) is 0 Å². The van der Waals surface area contributed by atoms with Crippen molar-refractivity contribution in [3.8, 4) is 55.6 Å². The zero-order chi connectivity index (χ0) is 66.5. The largest absolute Gasteiger partial charge is 0.310 e. The van der Waals surface area contributed by atoms with E-state index in [1.807, 2.05) is 0 Å². The second-order valence-corrected chi connectivity index (χ2v) is 28.7. The molecule has 0 amide bonds. The van der Waals surface area contributed by atoms with E-state index in [1.165, 1.54) is 156 Å². The molecule has 0 aliphatic heterocycles. The number of hydrogen-bond donors (Lipinski definition) is 0. The van der Waals surface area contributed by atoms with Gasteiger partial charge in [0, 0.05) is 39.5 Å². The van der Waals surface area contributed by atoms with Crippen molar-refractivity contribution >= 4 is 58.4 Å². The summed E-state index contributed by atoms with van der Waals surface area (Å²) in [6.45, 7) is 13.5. The zero-order valence-electron chi connectivity index (χ0n) is 56.6. The van der Waals surface area contributed by atoms with Crippen LogP contribution in [0.4, 0.5) is 34.1 Å². The van der Waals surface area contributed by atoms with Gasteiger partial charge in [-0.1, -0.05) is 257 Å². The predicted molar refractivity (Wildman–Crippen MR) is 416 cm³/mol. The molecule has 0 bridgehead atoms. The Morgan fingerprint density at radius 3 is 0.727 bits per heavy atom. The van der Waals surface area contributed by atoms with Crippen LogP contribution in [0.15, 0.2) is 303 Å². The van der Waals surface area contributed by atoms with E-state index in [-0.39, 0.29) is 5.41 Å². The topological polar surface area (TPSA) is 6.48 Å². The van der Waals surface area contributed by atoms with Gasteiger partial charge in [-0.05, 0) is 268 Å². The molecular formula is C97H72N2. The molecule has 0 atom stereocenters. The van der Waals surface area contributed by atoms with Gasteiger partial charge in [0.15, 0.2) is 0 Å². The first-order valence-corrected chi connectivity index (χ1v) is 34.9. The van der Waals surface area contributed by atoms with Crippen LogP contribution in [0.3, 0.4) is 0 Å². The highest BCUT2D eigenvalue weighted by Crippen LogP contribution is 2.66. The average Bonchev–Trinajstić information content (AvgIpc) is 1.52. The lowest BCUT2D eigenvalue weighted by Crippen LogP contribution is -2.26. The Morgan fingerprint density at radius 2 is 0.434 bits per heavy atom. The maximum absolute atomic E-state index is 2.50. The summed E-state index contributed by atoms with van der Waals surface area (Å²) in [5.74, 6) is 0. The van der Waals surface area contributed by atoms with Crippen molar-refractivity contribution in [2.75, 3.05) is 9.80 Å². The normalized spacial score (nSPS) is 14.3. The van der Waals surface area contributed by atoms with E-state index in [0.717, 1.165) is 34.1 Å². The summed E-state index contributed by atoms with van der Waals surface area (Å²) in [6.07, 6.45) is 9.32. The van der Waals surface area contributed by atoms with Gasteiger partial charge in [-0.25, -0.2) is 0 Å². The van der Waals surface area contributed by atoms with Crippen molar-refractivity contribution in [1.82, 2.24) is 0 Å². The standard InChI is InChI=1S/C97H72N2/c1-61-19-15-23-69(51-61)98(70-24-16-20-62(2)52-70)73-43-49-83-81-47-41-67(57-91(81)96(93(83)59-73)85-31-11-7-27-75(85)76-28-8-12-32-86(76)96)37-35-65-39-45-79-80-46-40-66(56-90(80)95(5,6)89(79)55-65)36-38-68-42-48-82-84-50-44-74(99(71-25-17-21-63(3)53-71)72-26-18-22-64(4)54-72)60-94(84)97(92(82)58-68)87-33-13-9-29-77(87)78-30-10-14-34-88(78)97/h7-60H,1-6H3. The second kappa shape index (κ2) is 22.1. The number of anilines is 6. The van der Waals surface area contributed by atoms with E-state index in [1.54, 1.807) is 0 Å². The number of aryl methyl sites for hydroxylation is 4. The van der Waals surface area contributed by atoms with Crippen molar-refractivity contribution in [3.05, 3.63) is 403 Å². The average molecular weight is 1270 g/mol. The monoisotopic (exact) mass is 1260 g/mol. The number of nitrogens with zero attached hydrogens (tertiary/aromatic N) is 2. The highest BCUT2D eigenvalue weighted by Gasteiger charge is 2.54. The fourth-order valence-electron chi connectivity index (χ4n) is 18.1. The number of fused-ring (bicyclic) bond motifs is 23. The Hall–Kier alpha value is -11.8. The van der Waals surface area contributed by atoms with Gasteiger partial charge in [-0.2, -0.15) is 0 Å². The second-order valence-electron chi connectivity index (χ2n) is 28.7. The summed E-state index contributed by atoms with van der Waals surface area (Å²) in [5, 5.41) is 0. The molecule has 0 aromatic heterocycles. The molecule has 0 N–H and O–H groups in total. The van der Waals surface area contributed by atoms with Gasteiger partial charge in [-0.15, -0.1) is 0 Å². The third kappa shape index (κ3) is 8.75. The van der Waals surface area contributed by atoms with Crippen molar-refractivity contribution in [2.24, 2.45) is 0 Å². The van der Waals surface area contributed by atoms with Crippen molar-refractivity contribution < 1.29 is 0 Å². The Balaban J connectivity index is 0.653. The molecule has 14 aromatic rings. The van der Waals surface area contributed by atoms with Crippen LogP contribution in [0.1, 0.15) is 114 Å². The van der Waals surface area contributed by atoms with E-state index < -0.39 is 10.8 Å². The molecule has 0 radical (unpaired) electrons. The fraction of sp³-hybridized carbons (Fsp3) is 0.0928. The maximum atomic E-state index is 2.50. The van der Waals surface area contributed by atoms with Gasteiger partial charge in [-0.3, -0.25) is 0 Å². The maximum Gasteiger partial charge on any atom is 0.0726 e.